The van der Waals surface area contributed by atoms with Crippen molar-refractivity contribution in [2.45, 2.75) is 34.0 Å². The van der Waals surface area contributed by atoms with E-state index in [2.05, 4.69) is 93.6 Å². The molecule has 0 fully saturated rings. The molecule has 0 aromatic heterocycles. The van der Waals surface area contributed by atoms with E-state index < -0.39 is 0 Å². The smallest absolute Gasteiger partial charge is 0.344 e. The average Bonchev–Trinajstić information content (AvgIpc) is 2.83. The van der Waals surface area contributed by atoms with Gasteiger partial charge in [0.15, 0.2) is 0 Å². The van der Waals surface area contributed by atoms with Gasteiger partial charge in [0.2, 0.25) is 0 Å². The number of hydrogen-bond acceptors (Lipinski definition) is 1. The van der Waals surface area contributed by atoms with Gasteiger partial charge in [-0.05, 0) is 79.5 Å². The number of hydrogen-bond donors (Lipinski definition) is 0. The highest BCUT2D eigenvalue weighted by Gasteiger charge is 2.11. The largest absolute Gasteiger partial charge is 0.489 e. The zero-order chi connectivity index (χ0) is 22.3. The molecule has 0 radical (unpaired) electrons. The molecule has 160 valence electrons. The highest BCUT2D eigenvalue weighted by Crippen LogP contribution is 2.24. The van der Waals surface area contributed by atoms with Crippen LogP contribution in [-0.4, -0.2) is 5.78 Å². The monoisotopic (exact) mass is 421 g/mol. The molecule has 0 unspecified atom stereocenters. The maximum atomic E-state index is 5.93. The number of ether oxygens (including phenoxy) is 1. The molecule has 0 spiro atoms. The first-order valence-electron chi connectivity index (χ1n) is 11.0. The lowest BCUT2D eigenvalue weighted by Gasteiger charge is -2.10. The second-order valence-electron chi connectivity index (χ2n) is 8.22. The number of ketones is 1. The van der Waals surface area contributed by atoms with Crippen molar-refractivity contribution in [3.05, 3.63) is 130 Å². The van der Waals surface area contributed by atoms with Gasteiger partial charge in [0.1, 0.15) is 12.4 Å². The molecule has 1 aliphatic carbocycles. The van der Waals surface area contributed by atoms with Crippen LogP contribution in [0, 0.1) is 13.8 Å². The molecule has 0 aliphatic heterocycles. The first kappa shape index (κ1) is 21.6. The summed E-state index contributed by atoms with van der Waals surface area (Å²) >= 11 is 0. The quantitative estimate of drug-likeness (QED) is 0.389. The minimum Gasteiger partial charge on any atom is -0.489 e. The number of carbonyl (C=O) groups excluding carboxylic acids is 1. The van der Waals surface area contributed by atoms with Gasteiger partial charge >= 0.3 is 5.78 Å². The van der Waals surface area contributed by atoms with Crippen molar-refractivity contribution in [1.82, 2.24) is 0 Å². The maximum absolute atomic E-state index is 5.93. The lowest BCUT2D eigenvalue weighted by Crippen LogP contribution is -2.00. The minimum absolute atomic E-state index is 0.576. The van der Waals surface area contributed by atoms with E-state index in [1.165, 1.54) is 39.0 Å². The Kier molecular flexibility index (Phi) is 6.81. The van der Waals surface area contributed by atoms with Crippen molar-refractivity contribution in [3.8, 4) is 5.75 Å². The number of aryl methyl sites for hydroxylation is 2. The molecule has 3 aromatic rings. The van der Waals surface area contributed by atoms with E-state index in [4.69, 9.17) is 9.16 Å². The van der Waals surface area contributed by atoms with Gasteiger partial charge in [-0.15, -0.1) is 0 Å². The Bertz CT molecular complexity index is 1160. The summed E-state index contributed by atoms with van der Waals surface area (Å²) in [5.41, 5.74) is 8.45. The second kappa shape index (κ2) is 10.1. The van der Waals surface area contributed by atoms with Crippen molar-refractivity contribution in [2.24, 2.45) is 0 Å². The van der Waals surface area contributed by atoms with Crippen molar-refractivity contribution in [1.29, 1.82) is 0 Å². The van der Waals surface area contributed by atoms with E-state index in [1.54, 1.807) is 0 Å². The normalized spacial score (nSPS) is 12.7. The highest BCUT2D eigenvalue weighted by molar-refractivity contribution is 6.02. The Labute approximate surface area is 190 Å². The fourth-order valence-corrected chi connectivity index (χ4v) is 3.47. The SMILES string of the molecule is CC(=C1C=CC(=[O+]Cc2ccc(C)cc2)C=C1)c1ccc(OCc2ccc(C)cc2)cc1. The molecule has 0 saturated heterocycles. The molecule has 0 saturated carbocycles. The van der Waals surface area contributed by atoms with Gasteiger partial charge in [-0.2, -0.15) is 0 Å². The molecule has 2 heteroatoms. The number of rotatable bonds is 6. The molecule has 0 atom stereocenters. The second-order valence-corrected chi connectivity index (χ2v) is 8.22. The van der Waals surface area contributed by atoms with Gasteiger partial charge in [0.05, 0.1) is 0 Å². The minimum atomic E-state index is 0.576. The van der Waals surface area contributed by atoms with Crippen LogP contribution in [0.1, 0.15) is 34.7 Å². The summed E-state index contributed by atoms with van der Waals surface area (Å²) in [4.78, 5) is 0. The molecule has 0 bridgehead atoms. The summed E-state index contributed by atoms with van der Waals surface area (Å²) in [6.07, 6.45) is 8.29. The molecule has 0 amide bonds. The Morgan fingerprint density at radius 1 is 0.688 bits per heavy atom. The molecule has 0 heterocycles. The van der Waals surface area contributed by atoms with Gasteiger partial charge in [-0.25, -0.2) is 4.42 Å². The van der Waals surface area contributed by atoms with E-state index in [0.29, 0.717) is 13.2 Å². The predicted molar refractivity (Wildman–Crippen MR) is 133 cm³/mol. The maximum Gasteiger partial charge on any atom is 0.344 e. The Morgan fingerprint density at radius 3 is 1.84 bits per heavy atom. The van der Waals surface area contributed by atoms with Crippen LogP contribution >= 0.6 is 0 Å². The van der Waals surface area contributed by atoms with Crippen molar-refractivity contribution < 1.29 is 9.16 Å². The number of allylic oxidation sites excluding steroid dienone is 6. The van der Waals surface area contributed by atoms with Gasteiger partial charge < -0.3 is 4.74 Å². The van der Waals surface area contributed by atoms with Crippen molar-refractivity contribution >= 4 is 11.4 Å². The molecule has 2 nitrogen and oxygen atoms in total. The number of benzene rings is 3. The first-order chi connectivity index (χ1) is 15.6. The topological polar surface area (TPSA) is 20.5 Å². The first-order valence-corrected chi connectivity index (χ1v) is 11.0. The van der Waals surface area contributed by atoms with E-state index in [-0.39, 0.29) is 0 Å². The van der Waals surface area contributed by atoms with Gasteiger partial charge in [0, 0.05) is 17.7 Å². The van der Waals surface area contributed by atoms with Gasteiger partial charge in [-0.3, -0.25) is 0 Å². The van der Waals surface area contributed by atoms with E-state index in [0.717, 1.165) is 11.5 Å². The lowest BCUT2D eigenvalue weighted by molar-refractivity contribution is -0.473. The van der Waals surface area contributed by atoms with Crippen molar-refractivity contribution in [3.63, 3.8) is 0 Å². The molecule has 1 aliphatic rings. The summed E-state index contributed by atoms with van der Waals surface area (Å²) < 4.78 is 11.9. The fraction of sp³-hybridized carbons (Fsp3) is 0.167. The fourth-order valence-electron chi connectivity index (χ4n) is 3.47. The van der Waals surface area contributed by atoms with Crippen LogP contribution in [0.3, 0.4) is 0 Å². The van der Waals surface area contributed by atoms with E-state index in [9.17, 15) is 0 Å². The Morgan fingerprint density at radius 2 is 1.25 bits per heavy atom. The van der Waals surface area contributed by atoms with Crippen LogP contribution in [0.15, 0.2) is 103 Å². The summed E-state index contributed by atoms with van der Waals surface area (Å²) in [6, 6.07) is 25.2. The standard InChI is InChI=1S/C30H29O2/c1-22-4-8-25(9-5-22)20-31-29-16-12-27(13-17-29)24(3)28-14-18-30(19-15-28)32-21-26-10-6-23(2)7-11-26/h4-19H,20-21H2,1-3H3/q+1. The summed E-state index contributed by atoms with van der Waals surface area (Å²) in [5.74, 6) is 1.75. The van der Waals surface area contributed by atoms with Crippen LogP contribution in [-0.2, 0) is 17.6 Å². The lowest BCUT2D eigenvalue weighted by atomic mass is 9.98. The van der Waals surface area contributed by atoms with Crippen LogP contribution < -0.4 is 4.74 Å². The third-order valence-corrected chi connectivity index (χ3v) is 5.63. The van der Waals surface area contributed by atoms with Crippen molar-refractivity contribution in [2.75, 3.05) is 0 Å². The molecule has 4 rings (SSSR count). The third kappa shape index (κ3) is 5.73. The Hall–Kier alpha value is -3.65. The summed E-state index contributed by atoms with van der Waals surface area (Å²) in [6.45, 7) is 7.48. The average molecular weight is 422 g/mol. The molecule has 0 N–H and O–H groups in total. The summed E-state index contributed by atoms with van der Waals surface area (Å²) in [7, 11) is 0. The van der Waals surface area contributed by atoms with Crippen LogP contribution in [0.5, 0.6) is 5.75 Å². The van der Waals surface area contributed by atoms with Crippen LogP contribution in [0.2, 0.25) is 0 Å². The van der Waals surface area contributed by atoms with Gasteiger partial charge in [-0.1, -0.05) is 59.7 Å². The molecule has 32 heavy (non-hydrogen) atoms. The summed E-state index contributed by atoms with van der Waals surface area (Å²) in [5, 5.41) is 0. The van der Waals surface area contributed by atoms with E-state index in [1.807, 2.05) is 24.3 Å². The van der Waals surface area contributed by atoms with Crippen LogP contribution in [0.4, 0.5) is 0 Å². The molecular formula is C30H29O2+. The van der Waals surface area contributed by atoms with Crippen LogP contribution in [0.25, 0.3) is 5.57 Å². The van der Waals surface area contributed by atoms with E-state index >= 15 is 0 Å². The molecular weight excluding hydrogens is 392 g/mol. The third-order valence-electron chi connectivity index (χ3n) is 5.63. The predicted octanol–water partition coefficient (Wildman–Crippen LogP) is 7.09. The zero-order valence-electron chi connectivity index (χ0n) is 19.0. The Balaban J connectivity index is 1.37. The highest BCUT2D eigenvalue weighted by atomic mass is 16.5. The zero-order valence-corrected chi connectivity index (χ0v) is 19.0. The van der Waals surface area contributed by atoms with Gasteiger partial charge in [0.25, 0.3) is 6.61 Å². The molecule has 3 aromatic carbocycles.